The number of rotatable bonds is 2. The Morgan fingerprint density at radius 3 is 2.48 bits per heavy atom. The Balaban J connectivity index is 2.03. The molecule has 0 saturated heterocycles. The number of methoxy groups -OCH3 is 1. The maximum absolute atomic E-state index is 10.5. The molecule has 5 nitrogen and oxygen atoms in total. The van der Waals surface area contributed by atoms with E-state index in [0.29, 0.717) is 28.2 Å². The van der Waals surface area contributed by atoms with Gasteiger partial charge in [-0.15, -0.1) is 0 Å². The maximum atomic E-state index is 10.5. The van der Waals surface area contributed by atoms with Gasteiger partial charge in [-0.3, -0.25) is 0 Å². The second-order valence-electron chi connectivity index (χ2n) is 4.70. The second kappa shape index (κ2) is 5.03. The Hall–Kier alpha value is -2.66. The van der Waals surface area contributed by atoms with Gasteiger partial charge in [0.05, 0.1) is 18.9 Å². The molecule has 5 heteroatoms. The van der Waals surface area contributed by atoms with E-state index in [1.54, 1.807) is 18.2 Å². The van der Waals surface area contributed by atoms with Crippen LogP contribution in [0.3, 0.4) is 0 Å². The van der Waals surface area contributed by atoms with E-state index in [2.05, 4.69) is 0 Å². The summed E-state index contributed by atoms with van der Waals surface area (Å²) in [5.41, 5.74) is 1.49. The highest BCUT2D eigenvalue weighted by Gasteiger charge is 2.28. The van der Waals surface area contributed by atoms with Crippen LogP contribution in [0.5, 0.6) is 23.0 Å². The zero-order valence-corrected chi connectivity index (χ0v) is 11.3. The smallest absolute Gasteiger partial charge is 0.140 e. The molecule has 0 spiro atoms. The summed E-state index contributed by atoms with van der Waals surface area (Å²) in [7, 11) is 1.48. The minimum absolute atomic E-state index is 0.0961. The molecule has 0 aromatic heterocycles. The standard InChI is InChI=1S/C16H14O5/c1-20-11-6-13(18)15-14(7-11)21-8-12(16(15)19)9-2-4-10(17)5-3-9/h2-8,16-19H,1H3. The molecule has 108 valence electrons. The van der Waals surface area contributed by atoms with E-state index in [9.17, 15) is 15.3 Å². The Morgan fingerprint density at radius 2 is 1.81 bits per heavy atom. The van der Waals surface area contributed by atoms with Crippen molar-refractivity contribution in [3.63, 3.8) is 0 Å². The van der Waals surface area contributed by atoms with Gasteiger partial charge in [0.25, 0.3) is 0 Å². The summed E-state index contributed by atoms with van der Waals surface area (Å²) in [6, 6.07) is 9.39. The molecule has 1 unspecified atom stereocenters. The number of ether oxygens (including phenoxy) is 2. The summed E-state index contributed by atoms with van der Waals surface area (Å²) < 4.78 is 10.5. The van der Waals surface area contributed by atoms with Crippen molar-refractivity contribution in [3.05, 3.63) is 53.8 Å². The number of phenols is 2. The van der Waals surface area contributed by atoms with Crippen LogP contribution in [0.1, 0.15) is 17.2 Å². The van der Waals surface area contributed by atoms with Crippen molar-refractivity contribution in [1.82, 2.24) is 0 Å². The maximum Gasteiger partial charge on any atom is 0.140 e. The molecular weight excluding hydrogens is 272 g/mol. The van der Waals surface area contributed by atoms with Gasteiger partial charge >= 0.3 is 0 Å². The number of hydrogen-bond acceptors (Lipinski definition) is 5. The SMILES string of the molecule is COc1cc(O)c2c(c1)OC=C(c1ccc(O)cc1)C2O. The molecule has 3 N–H and O–H groups in total. The first-order valence-electron chi connectivity index (χ1n) is 6.35. The molecule has 1 aliphatic rings. The lowest BCUT2D eigenvalue weighted by molar-refractivity contribution is 0.218. The van der Waals surface area contributed by atoms with E-state index < -0.39 is 6.10 Å². The Kier molecular flexibility index (Phi) is 3.19. The van der Waals surface area contributed by atoms with E-state index in [-0.39, 0.29) is 11.5 Å². The third-order valence-corrected chi connectivity index (χ3v) is 3.41. The van der Waals surface area contributed by atoms with Gasteiger partial charge < -0.3 is 24.8 Å². The minimum atomic E-state index is -1.02. The van der Waals surface area contributed by atoms with Crippen molar-refractivity contribution in [3.8, 4) is 23.0 Å². The molecule has 1 atom stereocenters. The van der Waals surface area contributed by atoms with Gasteiger partial charge in [-0.1, -0.05) is 12.1 Å². The summed E-state index contributed by atoms with van der Waals surface area (Å²) >= 11 is 0. The fourth-order valence-corrected chi connectivity index (χ4v) is 2.30. The van der Waals surface area contributed by atoms with Gasteiger partial charge in [-0.2, -0.15) is 0 Å². The van der Waals surface area contributed by atoms with Crippen molar-refractivity contribution >= 4 is 5.57 Å². The average molecular weight is 286 g/mol. The van der Waals surface area contributed by atoms with Crippen LogP contribution < -0.4 is 9.47 Å². The first-order chi connectivity index (χ1) is 10.1. The molecule has 0 saturated carbocycles. The van der Waals surface area contributed by atoms with Gasteiger partial charge in [-0.25, -0.2) is 0 Å². The first kappa shape index (κ1) is 13.3. The lowest BCUT2D eigenvalue weighted by atomic mass is 9.93. The molecule has 2 aromatic rings. The second-order valence-corrected chi connectivity index (χ2v) is 4.70. The van der Waals surface area contributed by atoms with Crippen molar-refractivity contribution in [2.75, 3.05) is 7.11 Å². The molecule has 0 radical (unpaired) electrons. The highest BCUT2D eigenvalue weighted by atomic mass is 16.5. The number of aliphatic hydroxyl groups is 1. The molecule has 1 aliphatic heterocycles. The van der Waals surface area contributed by atoms with Crippen molar-refractivity contribution in [2.24, 2.45) is 0 Å². The fourth-order valence-electron chi connectivity index (χ4n) is 2.30. The minimum Gasteiger partial charge on any atom is -0.508 e. The number of phenolic OH excluding ortho intramolecular Hbond substituents is 2. The predicted octanol–water partition coefficient (Wildman–Crippen LogP) is 2.57. The van der Waals surface area contributed by atoms with E-state index in [1.807, 2.05) is 0 Å². The molecule has 0 bridgehead atoms. The predicted molar refractivity (Wildman–Crippen MR) is 76.3 cm³/mol. The summed E-state index contributed by atoms with van der Waals surface area (Å²) in [6.07, 6.45) is 0.405. The molecule has 0 amide bonds. The van der Waals surface area contributed by atoms with E-state index in [0.717, 1.165) is 0 Å². The fraction of sp³-hybridized carbons (Fsp3) is 0.125. The number of fused-ring (bicyclic) bond motifs is 1. The monoisotopic (exact) mass is 286 g/mol. The number of aromatic hydroxyl groups is 2. The Morgan fingerprint density at radius 1 is 1.10 bits per heavy atom. The van der Waals surface area contributed by atoms with Gasteiger partial charge in [0.15, 0.2) is 0 Å². The lowest BCUT2D eigenvalue weighted by Gasteiger charge is -2.24. The Labute approximate surface area is 121 Å². The first-order valence-corrected chi connectivity index (χ1v) is 6.35. The van der Waals surface area contributed by atoms with Crippen LogP contribution in [0.4, 0.5) is 0 Å². The number of benzene rings is 2. The zero-order valence-electron chi connectivity index (χ0n) is 11.3. The van der Waals surface area contributed by atoms with Crippen molar-refractivity contribution in [1.29, 1.82) is 0 Å². The normalized spacial score (nSPS) is 16.7. The van der Waals surface area contributed by atoms with E-state index in [1.165, 1.54) is 31.6 Å². The van der Waals surface area contributed by atoms with Crippen LogP contribution in [0.15, 0.2) is 42.7 Å². The van der Waals surface area contributed by atoms with Crippen molar-refractivity contribution < 1.29 is 24.8 Å². The molecular formula is C16H14O5. The van der Waals surface area contributed by atoms with Crippen LogP contribution in [0, 0.1) is 0 Å². The molecule has 3 rings (SSSR count). The highest BCUT2D eigenvalue weighted by molar-refractivity contribution is 5.74. The average Bonchev–Trinajstić information content (AvgIpc) is 2.48. The van der Waals surface area contributed by atoms with Crippen LogP contribution >= 0.6 is 0 Å². The van der Waals surface area contributed by atoms with Gasteiger partial charge in [0, 0.05) is 17.7 Å². The number of aliphatic hydroxyl groups excluding tert-OH is 1. The Bertz CT molecular complexity index is 703. The molecule has 0 fully saturated rings. The molecule has 1 heterocycles. The molecule has 0 aliphatic carbocycles. The highest BCUT2D eigenvalue weighted by Crippen LogP contribution is 2.45. The van der Waals surface area contributed by atoms with Gasteiger partial charge in [0.1, 0.15) is 29.1 Å². The summed E-state index contributed by atoms with van der Waals surface area (Å²) in [6.45, 7) is 0. The summed E-state index contributed by atoms with van der Waals surface area (Å²) in [5.74, 6) is 0.835. The van der Waals surface area contributed by atoms with Gasteiger partial charge in [-0.05, 0) is 17.7 Å². The zero-order chi connectivity index (χ0) is 15.0. The van der Waals surface area contributed by atoms with Crippen LogP contribution in [-0.4, -0.2) is 22.4 Å². The third kappa shape index (κ3) is 2.28. The summed E-state index contributed by atoms with van der Waals surface area (Å²) in [5, 5.41) is 29.9. The quantitative estimate of drug-likeness (QED) is 0.790. The molecule has 21 heavy (non-hydrogen) atoms. The van der Waals surface area contributed by atoms with Crippen LogP contribution in [0.25, 0.3) is 5.57 Å². The van der Waals surface area contributed by atoms with E-state index >= 15 is 0 Å². The lowest BCUT2D eigenvalue weighted by Crippen LogP contribution is -2.10. The number of hydrogen-bond donors (Lipinski definition) is 3. The van der Waals surface area contributed by atoms with E-state index in [4.69, 9.17) is 9.47 Å². The van der Waals surface area contributed by atoms with Crippen molar-refractivity contribution in [2.45, 2.75) is 6.10 Å². The summed E-state index contributed by atoms with van der Waals surface area (Å²) in [4.78, 5) is 0. The van der Waals surface area contributed by atoms with Gasteiger partial charge in [0.2, 0.25) is 0 Å². The van der Waals surface area contributed by atoms with Crippen LogP contribution in [-0.2, 0) is 0 Å². The molecule has 2 aromatic carbocycles. The topological polar surface area (TPSA) is 79.2 Å². The third-order valence-electron chi connectivity index (χ3n) is 3.41. The largest absolute Gasteiger partial charge is 0.508 e. The van der Waals surface area contributed by atoms with Crippen LogP contribution in [0.2, 0.25) is 0 Å².